The van der Waals surface area contributed by atoms with Crippen LogP contribution in [0.2, 0.25) is 5.02 Å². The molecule has 5 rings (SSSR count). The number of hydrogen-bond donors (Lipinski definition) is 0. The van der Waals surface area contributed by atoms with Crippen molar-refractivity contribution < 1.29 is 9.18 Å². The van der Waals surface area contributed by atoms with E-state index in [-0.39, 0.29) is 24.3 Å². The standard InChI is InChI=1S/C26H27ClFN5O/c1-30-12-6-11-24(30)25-17-22(19-7-2-3-8-20(19)27)29-33(25)26(34)18-31-13-15-32(16-14-31)23-10-5-4-9-21(23)28/h2-12,25H,13-18H2,1H3. The number of aryl methyl sites for hydroxylation is 1. The van der Waals surface area contributed by atoms with Crippen molar-refractivity contribution in [2.24, 2.45) is 12.1 Å². The number of para-hydroxylation sites is 1. The van der Waals surface area contributed by atoms with Crippen molar-refractivity contribution in [3.8, 4) is 0 Å². The maximum atomic E-state index is 14.2. The molecule has 0 saturated carbocycles. The number of nitrogens with zero attached hydrogens (tertiary/aromatic N) is 5. The summed E-state index contributed by atoms with van der Waals surface area (Å²) < 4.78 is 16.2. The zero-order valence-electron chi connectivity index (χ0n) is 19.1. The van der Waals surface area contributed by atoms with Gasteiger partial charge in [0.25, 0.3) is 5.91 Å². The predicted octanol–water partition coefficient (Wildman–Crippen LogP) is 4.32. The SMILES string of the molecule is Cn1cccc1C1CC(c2ccccc2Cl)=NN1C(=O)CN1CCN(c2ccccc2F)CC1. The number of hydrogen-bond acceptors (Lipinski definition) is 4. The van der Waals surface area contributed by atoms with E-state index in [9.17, 15) is 9.18 Å². The molecule has 1 unspecified atom stereocenters. The van der Waals surface area contributed by atoms with Gasteiger partial charge in [-0.05, 0) is 30.3 Å². The van der Waals surface area contributed by atoms with Crippen LogP contribution in [0.1, 0.15) is 23.7 Å². The second-order valence-electron chi connectivity index (χ2n) is 8.74. The Morgan fingerprint density at radius 1 is 1.03 bits per heavy atom. The van der Waals surface area contributed by atoms with E-state index in [1.165, 1.54) is 6.07 Å². The fraction of sp³-hybridized carbons (Fsp3) is 0.308. The van der Waals surface area contributed by atoms with Crippen LogP contribution >= 0.6 is 11.6 Å². The molecule has 0 radical (unpaired) electrons. The van der Waals surface area contributed by atoms with Crippen molar-refractivity contribution in [2.45, 2.75) is 12.5 Å². The van der Waals surface area contributed by atoms with Crippen LogP contribution in [0.25, 0.3) is 0 Å². The minimum Gasteiger partial charge on any atom is -0.367 e. The summed E-state index contributed by atoms with van der Waals surface area (Å²) >= 11 is 6.44. The van der Waals surface area contributed by atoms with Crippen molar-refractivity contribution in [3.63, 3.8) is 0 Å². The first-order chi connectivity index (χ1) is 16.5. The molecule has 1 saturated heterocycles. The number of benzene rings is 2. The summed E-state index contributed by atoms with van der Waals surface area (Å²) in [6, 6.07) is 18.3. The van der Waals surface area contributed by atoms with E-state index in [1.54, 1.807) is 17.1 Å². The topological polar surface area (TPSA) is 44.1 Å². The van der Waals surface area contributed by atoms with Crippen molar-refractivity contribution >= 4 is 28.9 Å². The van der Waals surface area contributed by atoms with E-state index in [2.05, 4.69) is 4.90 Å². The van der Waals surface area contributed by atoms with Gasteiger partial charge in [0.15, 0.2) is 0 Å². The van der Waals surface area contributed by atoms with Crippen LogP contribution in [0.5, 0.6) is 0 Å². The second-order valence-corrected chi connectivity index (χ2v) is 9.15. The highest BCUT2D eigenvalue weighted by Gasteiger charge is 2.35. The first-order valence-electron chi connectivity index (χ1n) is 11.5. The van der Waals surface area contributed by atoms with E-state index < -0.39 is 0 Å². The van der Waals surface area contributed by atoms with Crippen LogP contribution in [0.3, 0.4) is 0 Å². The molecule has 1 fully saturated rings. The van der Waals surface area contributed by atoms with Crippen molar-refractivity contribution in [1.29, 1.82) is 0 Å². The lowest BCUT2D eigenvalue weighted by atomic mass is 10.0. The van der Waals surface area contributed by atoms with Crippen molar-refractivity contribution in [2.75, 3.05) is 37.6 Å². The van der Waals surface area contributed by atoms with Gasteiger partial charge in [-0.1, -0.05) is 41.9 Å². The first kappa shape index (κ1) is 22.6. The predicted molar refractivity (Wildman–Crippen MR) is 133 cm³/mol. The Morgan fingerprint density at radius 2 is 1.76 bits per heavy atom. The van der Waals surface area contributed by atoms with Crippen LogP contribution < -0.4 is 4.90 Å². The van der Waals surface area contributed by atoms with E-state index in [1.807, 2.05) is 65.2 Å². The number of rotatable bonds is 5. The van der Waals surface area contributed by atoms with Gasteiger partial charge in [-0.25, -0.2) is 9.40 Å². The number of carbonyl (C=O) groups is 1. The molecule has 0 aliphatic carbocycles. The highest BCUT2D eigenvalue weighted by Crippen LogP contribution is 2.34. The number of anilines is 1. The fourth-order valence-electron chi connectivity index (χ4n) is 4.77. The molecule has 1 aromatic heterocycles. The second kappa shape index (κ2) is 9.60. The summed E-state index contributed by atoms with van der Waals surface area (Å²) in [5.41, 5.74) is 3.32. The number of aromatic nitrogens is 1. The summed E-state index contributed by atoms with van der Waals surface area (Å²) in [5.74, 6) is -0.261. The third-order valence-electron chi connectivity index (χ3n) is 6.60. The molecule has 34 heavy (non-hydrogen) atoms. The third-order valence-corrected chi connectivity index (χ3v) is 6.93. The summed E-state index contributed by atoms with van der Waals surface area (Å²) in [5, 5.41) is 7.01. The maximum absolute atomic E-state index is 14.2. The molecule has 1 amide bonds. The molecule has 0 spiro atoms. The molecular weight excluding hydrogens is 453 g/mol. The summed E-state index contributed by atoms with van der Waals surface area (Å²) in [7, 11) is 1.98. The fourth-order valence-corrected chi connectivity index (χ4v) is 5.01. The molecule has 2 aliphatic rings. The van der Waals surface area contributed by atoms with Crippen LogP contribution in [0.15, 0.2) is 72.0 Å². The highest BCUT2D eigenvalue weighted by atomic mass is 35.5. The lowest BCUT2D eigenvalue weighted by Crippen LogP contribution is -2.49. The van der Waals surface area contributed by atoms with Gasteiger partial charge in [0, 0.05) is 62.1 Å². The number of carbonyl (C=O) groups excluding carboxylic acids is 1. The molecule has 176 valence electrons. The van der Waals surface area contributed by atoms with E-state index >= 15 is 0 Å². The Morgan fingerprint density at radius 3 is 2.47 bits per heavy atom. The minimum atomic E-state index is -0.212. The van der Waals surface area contributed by atoms with Crippen LogP contribution in [0.4, 0.5) is 10.1 Å². The van der Waals surface area contributed by atoms with Crippen LogP contribution in [0, 0.1) is 5.82 Å². The van der Waals surface area contributed by atoms with Gasteiger partial charge in [-0.3, -0.25) is 9.69 Å². The van der Waals surface area contributed by atoms with Gasteiger partial charge < -0.3 is 9.47 Å². The lowest BCUT2D eigenvalue weighted by Gasteiger charge is -2.36. The van der Waals surface area contributed by atoms with Crippen LogP contribution in [-0.4, -0.2) is 58.8 Å². The Bertz CT molecular complexity index is 1220. The molecule has 0 N–H and O–H groups in total. The largest absolute Gasteiger partial charge is 0.367 e. The molecule has 1 atom stereocenters. The van der Waals surface area contributed by atoms with Crippen LogP contribution in [-0.2, 0) is 11.8 Å². The average molecular weight is 480 g/mol. The zero-order chi connectivity index (χ0) is 23.7. The van der Waals surface area contributed by atoms with Gasteiger partial charge in [0.05, 0.1) is 17.9 Å². The summed E-state index contributed by atoms with van der Waals surface area (Å²) in [6.45, 7) is 2.98. The number of piperazine rings is 1. The molecule has 3 heterocycles. The lowest BCUT2D eigenvalue weighted by molar-refractivity contribution is -0.134. The molecule has 6 nitrogen and oxygen atoms in total. The van der Waals surface area contributed by atoms with E-state index in [4.69, 9.17) is 16.7 Å². The summed E-state index contributed by atoms with van der Waals surface area (Å²) in [6.07, 6.45) is 2.59. The average Bonchev–Trinajstić information content (AvgIpc) is 3.46. The number of hydrazone groups is 1. The Hall–Kier alpha value is -3.16. The molecular formula is C26H27ClFN5O. The van der Waals surface area contributed by atoms with Gasteiger partial charge >= 0.3 is 0 Å². The Labute approximate surface area is 203 Å². The smallest absolute Gasteiger partial charge is 0.257 e. The van der Waals surface area contributed by atoms with E-state index in [0.29, 0.717) is 43.3 Å². The van der Waals surface area contributed by atoms with Gasteiger partial charge in [-0.2, -0.15) is 5.10 Å². The quantitative estimate of drug-likeness (QED) is 0.547. The molecule has 8 heteroatoms. The number of amides is 1. The first-order valence-corrected chi connectivity index (χ1v) is 11.9. The van der Waals surface area contributed by atoms with Crippen molar-refractivity contribution in [1.82, 2.24) is 14.5 Å². The molecule has 2 aliphatic heterocycles. The minimum absolute atomic E-state index is 0.0485. The zero-order valence-corrected chi connectivity index (χ0v) is 19.8. The Kier molecular flexibility index (Phi) is 6.39. The summed E-state index contributed by atoms with van der Waals surface area (Å²) in [4.78, 5) is 17.6. The number of halogens is 2. The van der Waals surface area contributed by atoms with Gasteiger partial charge in [0.1, 0.15) is 11.9 Å². The molecule has 2 aromatic carbocycles. The van der Waals surface area contributed by atoms with E-state index in [0.717, 1.165) is 17.0 Å². The highest BCUT2D eigenvalue weighted by molar-refractivity contribution is 6.34. The molecule has 0 bridgehead atoms. The molecule has 3 aromatic rings. The monoisotopic (exact) mass is 479 g/mol. The maximum Gasteiger partial charge on any atom is 0.257 e. The van der Waals surface area contributed by atoms with Crippen molar-refractivity contribution in [3.05, 3.63) is 89.0 Å². The van der Waals surface area contributed by atoms with Gasteiger partial charge in [0.2, 0.25) is 0 Å². The van der Waals surface area contributed by atoms with Gasteiger partial charge in [-0.15, -0.1) is 0 Å². The third kappa shape index (κ3) is 4.45. The normalized spacial score (nSPS) is 18.9. The Balaban J connectivity index is 1.31.